The van der Waals surface area contributed by atoms with Gasteiger partial charge in [0.15, 0.2) is 0 Å². The van der Waals surface area contributed by atoms with Crippen LogP contribution in [0.2, 0.25) is 0 Å². The summed E-state index contributed by atoms with van der Waals surface area (Å²) in [5.74, 6) is 1.52. The van der Waals surface area contributed by atoms with Crippen LogP contribution in [0, 0.1) is 5.92 Å². The Balaban J connectivity index is 2.65. The van der Waals surface area contributed by atoms with Crippen LogP contribution >= 0.6 is 0 Å². The fourth-order valence-electron chi connectivity index (χ4n) is 1.38. The first-order valence-electron chi connectivity index (χ1n) is 3.25. The summed E-state index contributed by atoms with van der Waals surface area (Å²) < 4.78 is 11.3. The third kappa shape index (κ3) is 1.52. The number of aliphatic hydroxyl groups excluding tert-OH is 1. The largest absolute Gasteiger partial charge is 0.392 e. The fourth-order valence-corrected chi connectivity index (χ4v) is 4.14. The Hall–Kier alpha value is 0.110. The molecule has 1 aliphatic heterocycles. The van der Waals surface area contributed by atoms with E-state index in [1.165, 1.54) is 0 Å². The molecule has 1 saturated heterocycles. The summed E-state index contributed by atoms with van der Waals surface area (Å²) in [4.78, 5) is 0. The molecule has 0 aromatic heterocycles. The minimum Gasteiger partial charge on any atom is -0.392 e. The second-order valence-corrected chi connectivity index (χ2v) is 6.53. The van der Waals surface area contributed by atoms with Gasteiger partial charge in [-0.3, -0.25) is 4.21 Å². The smallest absolute Gasteiger partial charge is 0.0669 e. The average molecular weight is 150 g/mol. The minimum absolute atomic E-state index is 0.251. The van der Waals surface area contributed by atoms with E-state index in [-0.39, 0.29) is 12.0 Å². The third-order valence-corrected chi connectivity index (χ3v) is 4.40. The van der Waals surface area contributed by atoms with Gasteiger partial charge in [-0.2, -0.15) is 0 Å². The lowest BCUT2D eigenvalue weighted by Gasteiger charge is -2.06. The van der Waals surface area contributed by atoms with Crippen molar-refractivity contribution < 1.29 is 9.32 Å². The van der Waals surface area contributed by atoms with Crippen LogP contribution in [0.3, 0.4) is 0 Å². The third-order valence-electron chi connectivity index (χ3n) is 1.90. The molecule has 0 bridgehead atoms. The first-order valence-corrected chi connectivity index (χ1v) is 5.77. The highest BCUT2D eigenvalue weighted by molar-refractivity contribution is 8.02. The van der Waals surface area contributed by atoms with E-state index in [0.717, 1.165) is 5.75 Å². The van der Waals surface area contributed by atoms with Gasteiger partial charge in [0.1, 0.15) is 0 Å². The molecule has 0 aliphatic carbocycles. The molecular formula is C6H14O2S. The van der Waals surface area contributed by atoms with Crippen molar-refractivity contribution in [3.63, 3.8) is 0 Å². The molecule has 56 valence electrons. The maximum atomic E-state index is 11.3. The fraction of sp³-hybridized carbons (Fsp3) is 1.00. The number of rotatable bonds is 0. The Kier molecular flexibility index (Phi) is 1.65. The normalized spacial score (nSPS) is 44.8. The quantitative estimate of drug-likeness (QED) is 0.463. The lowest BCUT2D eigenvalue weighted by atomic mass is 10.1. The molecule has 9 heavy (non-hydrogen) atoms. The summed E-state index contributed by atoms with van der Waals surface area (Å²) >= 11 is 0. The summed E-state index contributed by atoms with van der Waals surface area (Å²) in [6.45, 7) is 1.95. The number of thiol groups is 1. The van der Waals surface area contributed by atoms with Crippen molar-refractivity contribution in [2.24, 2.45) is 5.92 Å². The molecule has 0 aromatic rings. The van der Waals surface area contributed by atoms with Crippen molar-refractivity contribution >= 4 is 9.93 Å². The first-order chi connectivity index (χ1) is 4.01. The minimum atomic E-state index is -1.91. The van der Waals surface area contributed by atoms with Crippen LogP contribution in [0.25, 0.3) is 0 Å². The molecule has 0 aromatic carbocycles. The Morgan fingerprint density at radius 3 is 2.22 bits per heavy atom. The van der Waals surface area contributed by atoms with Crippen molar-refractivity contribution in [3.05, 3.63) is 0 Å². The molecule has 1 aliphatic rings. The van der Waals surface area contributed by atoms with Crippen LogP contribution in [-0.4, -0.2) is 33.2 Å². The van der Waals surface area contributed by atoms with E-state index >= 15 is 0 Å². The van der Waals surface area contributed by atoms with Crippen LogP contribution in [0.15, 0.2) is 0 Å². The van der Waals surface area contributed by atoms with E-state index in [9.17, 15) is 4.21 Å². The number of aliphatic hydroxyl groups is 1. The molecule has 2 nitrogen and oxygen atoms in total. The summed E-state index contributed by atoms with van der Waals surface area (Å²) in [6.07, 6.45) is 1.47. The van der Waals surface area contributed by atoms with Gasteiger partial charge in [-0.15, -0.1) is 9.93 Å². The molecule has 1 N–H and O–H groups in total. The van der Waals surface area contributed by atoms with Gasteiger partial charge in [0.05, 0.1) is 6.10 Å². The molecule has 1 fully saturated rings. The highest BCUT2D eigenvalue weighted by Gasteiger charge is 2.30. The molecule has 0 amide bonds. The van der Waals surface area contributed by atoms with Crippen molar-refractivity contribution in [3.8, 4) is 0 Å². The number of hydrogen-bond acceptors (Lipinski definition) is 2. The molecule has 0 radical (unpaired) electrons. The molecule has 1 heterocycles. The van der Waals surface area contributed by atoms with Crippen LogP contribution in [0.4, 0.5) is 0 Å². The molecule has 0 saturated carbocycles. The Labute approximate surface area is 56.7 Å². The van der Waals surface area contributed by atoms with Crippen LogP contribution in [-0.2, 0) is 9.93 Å². The van der Waals surface area contributed by atoms with Gasteiger partial charge >= 0.3 is 0 Å². The van der Waals surface area contributed by atoms with Gasteiger partial charge in [-0.25, -0.2) is 0 Å². The molecule has 1 rings (SSSR count). The predicted molar refractivity (Wildman–Crippen MR) is 40.4 cm³/mol. The maximum Gasteiger partial charge on any atom is 0.0669 e. The highest BCUT2D eigenvalue weighted by Crippen LogP contribution is 2.21. The maximum absolute atomic E-state index is 11.3. The van der Waals surface area contributed by atoms with E-state index in [1.54, 1.807) is 6.26 Å². The zero-order chi connectivity index (χ0) is 7.07. The van der Waals surface area contributed by atoms with Crippen LogP contribution in [0.5, 0.6) is 0 Å². The number of hydrogen-bond donors (Lipinski definition) is 2. The summed E-state index contributed by atoms with van der Waals surface area (Å²) in [7, 11) is -1.91. The lowest BCUT2D eigenvalue weighted by Crippen LogP contribution is -2.15. The van der Waals surface area contributed by atoms with E-state index in [4.69, 9.17) is 5.11 Å². The van der Waals surface area contributed by atoms with Crippen molar-refractivity contribution in [1.82, 2.24) is 0 Å². The first kappa shape index (κ1) is 7.22. The molecule has 2 unspecified atom stereocenters. The SMILES string of the molecule is CC1C[SH](C)(=O)CC1O. The second kappa shape index (κ2) is 2.06. The summed E-state index contributed by atoms with van der Waals surface area (Å²) in [5, 5.41) is 9.16. The van der Waals surface area contributed by atoms with Crippen LogP contribution in [0.1, 0.15) is 6.92 Å². The zero-order valence-corrected chi connectivity index (χ0v) is 6.77. The molecular weight excluding hydrogens is 136 g/mol. The predicted octanol–water partition coefficient (Wildman–Crippen LogP) is -0.356. The molecule has 2 atom stereocenters. The van der Waals surface area contributed by atoms with E-state index in [1.807, 2.05) is 6.92 Å². The van der Waals surface area contributed by atoms with Crippen LogP contribution < -0.4 is 0 Å². The lowest BCUT2D eigenvalue weighted by molar-refractivity contribution is 0.159. The van der Waals surface area contributed by atoms with Gasteiger partial charge < -0.3 is 5.11 Å². The Bertz CT molecular complexity index is 141. The van der Waals surface area contributed by atoms with Crippen molar-refractivity contribution in [2.75, 3.05) is 17.8 Å². The Morgan fingerprint density at radius 1 is 1.56 bits per heavy atom. The molecule has 0 spiro atoms. The van der Waals surface area contributed by atoms with Crippen molar-refractivity contribution in [1.29, 1.82) is 0 Å². The van der Waals surface area contributed by atoms with Crippen molar-refractivity contribution in [2.45, 2.75) is 13.0 Å². The summed E-state index contributed by atoms with van der Waals surface area (Å²) in [6, 6.07) is 0. The second-order valence-electron chi connectivity index (χ2n) is 3.21. The van der Waals surface area contributed by atoms with Gasteiger partial charge in [0, 0.05) is 11.5 Å². The van der Waals surface area contributed by atoms with E-state index in [2.05, 4.69) is 0 Å². The van der Waals surface area contributed by atoms with E-state index < -0.39 is 9.93 Å². The monoisotopic (exact) mass is 150 g/mol. The Morgan fingerprint density at radius 2 is 2.11 bits per heavy atom. The highest BCUT2D eigenvalue weighted by atomic mass is 32.2. The van der Waals surface area contributed by atoms with Gasteiger partial charge in [-0.1, -0.05) is 6.92 Å². The standard InChI is InChI=1S/C6H14O2S/c1-5-3-9(2,8)4-6(5)7/h5-7,9H,3-4H2,1-2H3. The average Bonchev–Trinajstić information content (AvgIpc) is 1.79. The van der Waals surface area contributed by atoms with Gasteiger partial charge in [-0.05, 0) is 12.2 Å². The van der Waals surface area contributed by atoms with E-state index in [0.29, 0.717) is 5.75 Å². The zero-order valence-electron chi connectivity index (χ0n) is 5.87. The molecule has 3 heteroatoms. The summed E-state index contributed by atoms with van der Waals surface area (Å²) in [5.41, 5.74) is 0. The van der Waals surface area contributed by atoms with Gasteiger partial charge in [0.25, 0.3) is 0 Å². The van der Waals surface area contributed by atoms with Gasteiger partial charge in [0.2, 0.25) is 0 Å². The topological polar surface area (TPSA) is 37.3 Å².